The summed E-state index contributed by atoms with van der Waals surface area (Å²) in [5, 5.41) is 19.2. The van der Waals surface area contributed by atoms with Crippen molar-refractivity contribution in [2.45, 2.75) is 42.3 Å². The highest BCUT2D eigenvalue weighted by Crippen LogP contribution is 2.39. The molecular weight excluding hydrogens is 415 g/mol. The molecule has 160 valence electrons. The number of primary amides is 1. The molecule has 0 spiro atoms. The smallest absolute Gasteiger partial charge is 0.235 e. The fraction of sp³-hybridized carbons (Fsp3) is 0.364. The molecule has 4 N–H and O–H groups in total. The first-order valence-electron chi connectivity index (χ1n) is 9.93. The Morgan fingerprint density at radius 1 is 1.32 bits per heavy atom. The first kappa shape index (κ1) is 22.5. The van der Waals surface area contributed by atoms with Crippen LogP contribution in [-0.4, -0.2) is 36.2 Å². The van der Waals surface area contributed by atoms with Gasteiger partial charge in [0.25, 0.3) is 0 Å². The first-order chi connectivity index (χ1) is 14.9. The number of piperidine rings is 1. The van der Waals surface area contributed by atoms with E-state index in [4.69, 9.17) is 11.5 Å². The Morgan fingerprint density at radius 2 is 2.00 bits per heavy atom. The lowest BCUT2D eigenvalue weighted by Crippen LogP contribution is -2.49. The van der Waals surface area contributed by atoms with E-state index >= 15 is 0 Å². The van der Waals surface area contributed by atoms with Crippen molar-refractivity contribution < 1.29 is 9.18 Å². The SMILES string of the molecule is CCc1c(C#N)c(S[C@@H](C(N)=O)c2ccccc2)nc(N2CC[C@@H](N)[C@@H](F)C2)c1C#N. The van der Waals surface area contributed by atoms with Gasteiger partial charge in [-0.05, 0) is 24.0 Å². The number of hydrogen-bond donors (Lipinski definition) is 2. The molecule has 3 rings (SSSR count). The fourth-order valence-corrected chi connectivity index (χ4v) is 4.70. The zero-order chi connectivity index (χ0) is 22.5. The topological polar surface area (TPSA) is 133 Å². The number of nitrogens with two attached hydrogens (primary N) is 2. The van der Waals surface area contributed by atoms with E-state index in [1.54, 1.807) is 29.2 Å². The number of nitriles is 2. The minimum Gasteiger partial charge on any atom is -0.368 e. The zero-order valence-corrected chi connectivity index (χ0v) is 17.9. The zero-order valence-electron chi connectivity index (χ0n) is 17.1. The summed E-state index contributed by atoms with van der Waals surface area (Å²) < 4.78 is 14.3. The van der Waals surface area contributed by atoms with Crippen molar-refractivity contribution in [3.05, 3.63) is 52.6 Å². The summed E-state index contributed by atoms with van der Waals surface area (Å²) in [4.78, 5) is 18.5. The lowest BCUT2D eigenvalue weighted by atomic mass is 9.99. The number of nitrogens with zero attached hydrogens (tertiary/aromatic N) is 4. The van der Waals surface area contributed by atoms with E-state index in [-0.39, 0.29) is 17.7 Å². The van der Waals surface area contributed by atoms with Crippen LogP contribution in [0, 0.1) is 22.7 Å². The van der Waals surface area contributed by atoms with Gasteiger partial charge in [0, 0.05) is 12.6 Å². The molecule has 1 aliphatic rings. The van der Waals surface area contributed by atoms with Gasteiger partial charge in [-0.3, -0.25) is 4.79 Å². The number of carbonyl (C=O) groups is 1. The average Bonchev–Trinajstić information content (AvgIpc) is 2.78. The molecule has 0 aliphatic carbocycles. The highest BCUT2D eigenvalue weighted by molar-refractivity contribution is 8.00. The molecule has 31 heavy (non-hydrogen) atoms. The lowest BCUT2D eigenvalue weighted by molar-refractivity contribution is -0.117. The van der Waals surface area contributed by atoms with Crippen molar-refractivity contribution in [2.24, 2.45) is 11.5 Å². The van der Waals surface area contributed by atoms with Crippen LogP contribution in [0.15, 0.2) is 35.4 Å². The van der Waals surface area contributed by atoms with Gasteiger partial charge in [-0.1, -0.05) is 49.0 Å². The van der Waals surface area contributed by atoms with Gasteiger partial charge in [0.05, 0.1) is 17.7 Å². The molecule has 0 saturated carbocycles. The Labute approximate surface area is 184 Å². The number of pyridine rings is 1. The summed E-state index contributed by atoms with van der Waals surface area (Å²) in [6.07, 6.45) is -0.416. The predicted octanol–water partition coefficient (Wildman–Crippen LogP) is 2.58. The third-order valence-corrected chi connectivity index (χ3v) is 6.57. The van der Waals surface area contributed by atoms with Crippen molar-refractivity contribution in [3.8, 4) is 12.1 Å². The molecule has 2 aromatic rings. The van der Waals surface area contributed by atoms with Crippen molar-refractivity contribution >= 4 is 23.5 Å². The molecule has 9 heteroatoms. The van der Waals surface area contributed by atoms with Gasteiger partial charge in [-0.15, -0.1) is 0 Å². The number of alkyl halides is 1. The van der Waals surface area contributed by atoms with Crippen LogP contribution in [0.2, 0.25) is 0 Å². The van der Waals surface area contributed by atoms with Crippen LogP contribution in [0.1, 0.15) is 40.8 Å². The summed E-state index contributed by atoms with van der Waals surface area (Å²) in [6, 6.07) is 12.7. The third-order valence-electron chi connectivity index (χ3n) is 5.31. The van der Waals surface area contributed by atoms with E-state index in [1.807, 2.05) is 13.0 Å². The second kappa shape index (κ2) is 9.78. The summed E-state index contributed by atoms with van der Waals surface area (Å²) in [5.74, 6) is -0.259. The molecule has 7 nitrogen and oxygen atoms in total. The Kier molecular flexibility index (Phi) is 7.11. The largest absolute Gasteiger partial charge is 0.368 e. The van der Waals surface area contributed by atoms with Crippen LogP contribution in [0.25, 0.3) is 0 Å². The maximum absolute atomic E-state index is 14.3. The van der Waals surface area contributed by atoms with E-state index in [0.29, 0.717) is 41.4 Å². The summed E-state index contributed by atoms with van der Waals surface area (Å²) >= 11 is 1.07. The molecule has 1 saturated heterocycles. The number of anilines is 1. The van der Waals surface area contributed by atoms with Crippen molar-refractivity contribution in [1.82, 2.24) is 4.98 Å². The quantitative estimate of drug-likeness (QED) is 0.662. The van der Waals surface area contributed by atoms with Gasteiger partial charge in [0.1, 0.15) is 34.4 Å². The minimum absolute atomic E-state index is 0.0138. The minimum atomic E-state index is -1.25. The van der Waals surface area contributed by atoms with Crippen LogP contribution >= 0.6 is 11.8 Å². The Morgan fingerprint density at radius 3 is 2.55 bits per heavy atom. The lowest BCUT2D eigenvalue weighted by Gasteiger charge is -2.34. The summed E-state index contributed by atoms with van der Waals surface area (Å²) in [5.41, 5.74) is 13.1. The highest BCUT2D eigenvalue weighted by atomic mass is 32.2. The fourth-order valence-electron chi connectivity index (χ4n) is 3.64. The molecule has 2 heterocycles. The first-order valence-corrected chi connectivity index (χ1v) is 10.8. The van der Waals surface area contributed by atoms with Crippen LogP contribution in [0.4, 0.5) is 10.2 Å². The maximum atomic E-state index is 14.3. The van der Waals surface area contributed by atoms with E-state index in [9.17, 15) is 19.7 Å². The Bertz CT molecular complexity index is 1050. The van der Waals surface area contributed by atoms with Gasteiger partial charge >= 0.3 is 0 Å². The predicted molar refractivity (Wildman–Crippen MR) is 117 cm³/mol. The van der Waals surface area contributed by atoms with E-state index in [1.165, 1.54) is 0 Å². The molecule has 3 atom stereocenters. The second-order valence-corrected chi connectivity index (χ2v) is 8.37. The number of carbonyl (C=O) groups excluding carboxylic acids is 1. The average molecular weight is 439 g/mol. The standard InChI is InChI=1S/C22H23FN6OS/c1-2-14-15(10-24)21(29-9-8-18(26)17(23)12-29)28-22(16(14)11-25)31-19(20(27)30)13-6-4-3-5-7-13/h3-7,17-19H,2,8-9,12,26H2,1H3,(H2,27,30)/t17-,18+,19+/m0/s1. The molecule has 1 amide bonds. The molecule has 1 aromatic carbocycles. The number of halogens is 1. The third kappa shape index (κ3) is 4.63. The highest BCUT2D eigenvalue weighted by Gasteiger charge is 2.31. The monoisotopic (exact) mass is 438 g/mol. The van der Waals surface area contributed by atoms with Gasteiger partial charge in [-0.2, -0.15) is 10.5 Å². The van der Waals surface area contributed by atoms with Crippen LogP contribution in [-0.2, 0) is 11.2 Å². The number of rotatable bonds is 6. The van der Waals surface area contributed by atoms with Gasteiger partial charge in [0.2, 0.25) is 5.91 Å². The van der Waals surface area contributed by atoms with Gasteiger partial charge < -0.3 is 16.4 Å². The Hall–Kier alpha value is -3.14. The van der Waals surface area contributed by atoms with Crippen LogP contribution in [0.5, 0.6) is 0 Å². The molecular formula is C22H23FN6OS. The number of thioether (sulfide) groups is 1. The Balaban J connectivity index is 2.12. The van der Waals surface area contributed by atoms with E-state index in [2.05, 4.69) is 17.1 Å². The number of benzene rings is 1. The van der Waals surface area contributed by atoms with Gasteiger partial charge in [0.15, 0.2) is 0 Å². The van der Waals surface area contributed by atoms with E-state index < -0.39 is 23.4 Å². The van der Waals surface area contributed by atoms with Crippen LogP contribution < -0.4 is 16.4 Å². The van der Waals surface area contributed by atoms with Crippen molar-refractivity contribution in [1.29, 1.82) is 10.5 Å². The second-order valence-electron chi connectivity index (χ2n) is 7.27. The normalized spacial score (nSPS) is 19.3. The molecule has 0 bridgehead atoms. The maximum Gasteiger partial charge on any atom is 0.235 e. The molecule has 0 radical (unpaired) electrons. The van der Waals surface area contributed by atoms with Crippen molar-refractivity contribution in [3.63, 3.8) is 0 Å². The number of hydrogen-bond acceptors (Lipinski definition) is 7. The summed E-state index contributed by atoms with van der Waals surface area (Å²) in [6.45, 7) is 2.29. The molecule has 1 aliphatic heterocycles. The van der Waals surface area contributed by atoms with Crippen LogP contribution in [0.3, 0.4) is 0 Å². The molecule has 0 unspecified atom stereocenters. The molecule has 1 aromatic heterocycles. The summed E-state index contributed by atoms with van der Waals surface area (Å²) in [7, 11) is 0. The van der Waals surface area contributed by atoms with Gasteiger partial charge in [-0.25, -0.2) is 9.37 Å². The van der Waals surface area contributed by atoms with Crippen molar-refractivity contribution in [2.75, 3.05) is 18.0 Å². The van der Waals surface area contributed by atoms with E-state index in [0.717, 1.165) is 11.8 Å². The number of aromatic nitrogens is 1. The molecule has 1 fully saturated rings. The number of amides is 1.